The highest BCUT2D eigenvalue weighted by atomic mass is 19.4. The monoisotopic (exact) mass is 238 g/mol. The molecular formula is C7H9F3N4O2. The Balaban J connectivity index is 3.10. The Labute approximate surface area is 87.8 Å². The predicted octanol–water partition coefficient (Wildman–Crippen LogP) is -1.15. The number of amides is 2. The highest BCUT2D eigenvalue weighted by Crippen LogP contribution is 2.36. The maximum atomic E-state index is 12.3. The Kier molecular flexibility index (Phi) is 2.80. The lowest BCUT2D eigenvalue weighted by molar-refractivity contribution is -0.162. The van der Waals surface area contributed by atoms with E-state index in [4.69, 9.17) is 11.5 Å². The van der Waals surface area contributed by atoms with Gasteiger partial charge in [-0.3, -0.25) is 15.0 Å². The molecule has 0 saturated heterocycles. The van der Waals surface area contributed by atoms with Crippen molar-refractivity contribution in [1.82, 2.24) is 5.43 Å². The first kappa shape index (κ1) is 12.3. The molecule has 2 atom stereocenters. The molecule has 0 aromatic heterocycles. The number of halogens is 3. The normalized spacial score (nSPS) is 28.8. The maximum Gasteiger partial charge on any atom is 0.390 e. The standard InChI is InChI=1S/C7H9F3N4O2/c8-7(9,10)1-6(5(12)16)2-13-14-3(6)4(11)15/h2-3,14H,1H2,(H2,11,15)(H2,12,16). The number of carbonyl (C=O) groups excluding carboxylic acids is 2. The van der Waals surface area contributed by atoms with Crippen molar-refractivity contribution in [2.24, 2.45) is 22.0 Å². The minimum Gasteiger partial charge on any atom is -0.369 e. The Morgan fingerprint density at radius 1 is 1.44 bits per heavy atom. The van der Waals surface area contributed by atoms with Crippen molar-refractivity contribution >= 4 is 18.0 Å². The molecule has 0 aromatic rings. The average Bonchev–Trinajstić information content (AvgIpc) is 2.45. The summed E-state index contributed by atoms with van der Waals surface area (Å²) >= 11 is 0. The highest BCUT2D eigenvalue weighted by Gasteiger charge is 2.55. The van der Waals surface area contributed by atoms with Gasteiger partial charge in [0.25, 0.3) is 0 Å². The van der Waals surface area contributed by atoms with Crippen LogP contribution in [-0.2, 0) is 9.59 Å². The van der Waals surface area contributed by atoms with Crippen LogP contribution < -0.4 is 16.9 Å². The molecule has 90 valence electrons. The first-order chi connectivity index (χ1) is 7.19. The summed E-state index contributed by atoms with van der Waals surface area (Å²) in [5.74, 6) is -2.43. The summed E-state index contributed by atoms with van der Waals surface area (Å²) in [4.78, 5) is 22.0. The molecule has 0 fully saturated rings. The number of nitrogens with two attached hydrogens (primary N) is 2. The first-order valence-electron chi connectivity index (χ1n) is 4.15. The van der Waals surface area contributed by atoms with Crippen LogP contribution in [0.2, 0.25) is 0 Å². The Hall–Kier alpha value is -1.80. The van der Waals surface area contributed by atoms with Crippen molar-refractivity contribution in [2.75, 3.05) is 0 Å². The summed E-state index contributed by atoms with van der Waals surface area (Å²) in [6.45, 7) is 0. The third-order valence-electron chi connectivity index (χ3n) is 2.25. The topological polar surface area (TPSA) is 111 Å². The van der Waals surface area contributed by atoms with Gasteiger partial charge in [-0.2, -0.15) is 18.3 Å². The average molecular weight is 238 g/mol. The van der Waals surface area contributed by atoms with Gasteiger partial charge in [-0.25, -0.2) is 0 Å². The minimum atomic E-state index is -4.67. The molecular weight excluding hydrogens is 229 g/mol. The molecule has 1 aliphatic heterocycles. The molecule has 0 radical (unpaired) electrons. The number of hydrazone groups is 1. The molecule has 6 nitrogen and oxygen atoms in total. The SMILES string of the molecule is NC(=O)C1NN=CC1(CC(F)(F)F)C(N)=O. The molecule has 0 aliphatic carbocycles. The molecule has 2 unspecified atom stereocenters. The van der Waals surface area contributed by atoms with E-state index < -0.39 is 35.9 Å². The molecule has 2 amide bonds. The summed E-state index contributed by atoms with van der Waals surface area (Å²) < 4.78 is 36.9. The molecule has 0 aromatic carbocycles. The van der Waals surface area contributed by atoms with Crippen LogP contribution in [0.25, 0.3) is 0 Å². The maximum absolute atomic E-state index is 12.3. The van der Waals surface area contributed by atoms with E-state index in [9.17, 15) is 22.8 Å². The van der Waals surface area contributed by atoms with E-state index in [2.05, 4.69) is 5.10 Å². The second-order valence-corrected chi connectivity index (χ2v) is 3.42. The Bertz CT molecular complexity index is 354. The Morgan fingerprint density at radius 3 is 2.38 bits per heavy atom. The summed E-state index contributed by atoms with van der Waals surface area (Å²) in [7, 11) is 0. The number of rotatable bonds is 3. The first-order valence-corrected chi connectivity index (χ1v) is 4.15. The molecule has 0 bridgehead atoms. The van der Waals surface area contributed by atoms with E-state index in [0.717, 1.165) is 0 Å². The fourth-order valence-electron chi connectivity index (χ4n) is 1.51. The van der Waals surface area contributed by atoms with Crippen LogP contribution in [0.15, 0.2) is 5.10 Å². The van der Waals surface area contributed by atoms with Gasteiger partial charge in [0.15, 0.2) is 0 Å². The van der Waals surface area contributed by atoms with Gasteiger partial charge in [0.1, 0.15) is 11.5 Å². The molecule has 1 heterocycles. The zero-order valence-corrected chi connectivity index (χ0v) is 7.91. The van der Waals surface area contributed by atoms with Crippen molar-refractivity contribution in [3.8, 4) is 0 Å². The fraction of sp³-hybridized carbons (Fsp3) is 0.571. The van der Waals surface area contributed by atoms with Gasteiger partial charge >= 0.3 is 6.18 Å². The van der Waals surface area contributed by atoms with Gasteiger partial charge < -0.3 is 11.5 Å². The zero-order chi connectivity index (χ0) is 12.6. The summed E-state index contributed by atoms with van der Waals surface area (Å²) in [5.41, 5.74) is 9.56. The third-order valence-corrected chi connectivity index (χ3v) is 2.25. The molecule has 5 N–H and O–H groups in total. The van der Waals surface area contributed by atoms with Crippen molar-refractivity contribution in [3.63, 3.8) is 0 Å². The van der Waals surface area contributed by atoms with Crippen LogP contribution in [0.4, 0.5) is 13.2 Å². The van der Waals surface area contributed by atoms with Crippen molar-refractivity contribution in [3.05, 3.63) is 0 Å². The van der Waals surface area contributed by atoms with Gasteiger partial charge in [-0.05, 0) is 0 Å². The van der Waals surface area contributed by atoms with E-state index >= 15 is 0 Å². The largest absolute Gasteiger partial charge is 0.390 e. The lowest BCUT2D eigenvalue weighted by Gasteiger charge is -2.28. The van der Waals surface area contributed by atoms with Gasteiger partial charge in [-0.1, -0.05) is 0 Å². The van der Waals surface area contributed by atoms with Crippen LogP contribution in [0.5, 0.6) is 0 Å². The molecule has 16 heavy (non-hydrogen) atoms. The smallest absolute Gasteiger partial charge is 0.369 e. The number of nitrogens with zero attached hydrogens (tertiary/aromatic N) is 1. The number of hydrogen-bond donors (Lipinski definition) is 3. The fourth-order valence-corrected chi connectivity index (χ4v) is 1.51. The summed E-state index contributed by atoms with van der Waals surface area (Å²) in [6, 6.07) is -1.58. The van der Waals surface area contributed by atoms with Crippen molar-refractivity contribution in [2.45, 2.75) is 18.6 Å². The minimum absolute atomic E-state index is 0.679. The van der Waals surface area contributed by atoms with E-state index in [-0.39, 0.29) is 0 Å². The summed E-state index contributed by atoms with van der Waals surface area (Å²) in [6.07, 6.45) is -5.57. The second-order valence-electron chi connectivity index (χ2n) is 3.42. The predicted molar refractivity (Wildman–Crippen MR) is 46.9 cm³/mol. The molecule has 1 aliphatic rings. The number of hydrogen-bond acceptors (Lipinski definition) is 4. The quantitative estimate of drug-likeness (QED) is 0.577. The molecule has 0 saturated carbocycles. The van der Waals surface area contributed by atoms with E-state index in [1.165, 1.54) is 0 Å². The van der Waals surface area contributed by atoms with Gasteiger partial charge in [0.2, 0.25) is 11.8 Å². The lowest BCUT2D eigenvalue weighted by Crippen LogP contribution is -2.56. The van der Waals surface area contributed by atoms with Crippen LogP contribution >= 0.6 is 0 Å². The molecule has 9 heteroatoms. The molecule has 1 rings (SSSR count). The second kappa shape index (κ2) is 3.65. The van der Waals surface area contributed by atoms with E-state index in [0.29, 0.717) is 6.21 Å². The number of carbonyl (C=O) groups is 2. The van der Waals surface area contributed by atoms with Gasteiger partial charge in [0, 0.05) is 6.21 Å². The van der Waals surface area contributed by atoms with Gasteiger partial charge in [-0.15, -0.1) is 0 Å². The van der Waals surface area contributed by atoms with Crippen LogP contribution in [-0.4, -0.2) is 30.2 Å². The Morgan fingerprint density at radius 2 is 2.00 bits per heavy atom. The van der Waals surface area contributed by atoms with E-state index in [1.807, 2.05) is 5.43 Å². The highest BCUT2D eigenvalue weighted by molar-refractivity contribution is 6.05. The number of alkyl halides is 3. The number of primary amides is 2. The number of nitrogens with one attached hydrogen (secondary N) is 1. The van der Waals surface area contributed by atoms with Crippen LogP contribution in [0, 0.1) is 5.41 Å². The van der Waals surface area contributed by atoms with E-state index in [1.54, 1.807) is 0 Å². The van der Waals surface area contributed by atoms with Gasteiger partial charge in [0.05, 0.1) is 6.42 Å². The van der Waals surface area contributed by atoms with Crippen molar-refractivity contribution in [1.29, 1.82) is 0 Å². The summed E-state index contributed by atoms with van der Waals surface area (Å²) in [5, 5.41) is 3.27. The van der Waals surface area contributed by atoms with Crippen LogP contribution in [0.3, 0.4) is 0 Å². The zero-order valence-electron chi connectivity index (χ0n) is 7.91. The third kappa shape index (κ3) is 2.07. The van der Waals surface area contributed by atoms with Crippen molar-refractivity contribution < 1.29 is 22.8 Å². The lowest BCUT2D eigenvalue weighted by atomic mass is 9.78. The van der Waals surface area contributed by atoms with Crippen LogP contribution in [0.1, 0.15) is 6.42 Å². The molecule has 0 spiro atoms.